The van der Waals surface area contributed by atoms with E-state index in [1.165, 1.54) is 36.4 Å². The Bertz CT molecular complexity index is 1020. The molecule has 3 N–H and O–H groups in total. The molecule has 0 saturated heterocycles. The van der Waals surface area contributed by atoms with E-state index < -0.39 is 16.7 Å². The van der Waals surface area contributed by atoms with Crippen molar-refractivity contribution in [3.63, 3.8) is 0 Å². The summed E-state index contributed by atoms with van der Waals surface area (Å²) in [5, 5.41) is 22.1. The van der Waals surface area contributed by atoms with Crippen LogP contribution in [-0.4, -0.2) is 21.8 Å². The van der Waals surface area contributed by atoms with Gasteiger partial charge in [-0.2, -0.15) is 0 Å². The van der Waals surface area contributed by atoms with Crippen molar-refractivity contribution in [1.82, 2.24) is 10.9 Å². The lowest BCUT2D eigenvalue weighted by Crippen LogP contribution is -2.41. The van der Waals surface area contributed by atoms with Gasteiger partial charge in [0.05, 0.1) is 10.5 Å². The van der Waals surface area contributed by atoms with E-state index in [-0.39, 0.29) is 22.6 Å². The SMILES string of the molecule is O=C(NNC(=O)c1cc2ccccc2cc1O)c1ccc([N+](=O)[O-])cc1. The van der Waals surface area contributed by atoms with Crippen LogP contribution in [0.1, 0.15) is 20.7 Å². The zero-order valence-corrected chi connectivity index (χ0v) is 13.3. The Hall–Kier alpha value is -3.94. The molecule has 0 fully saturated rings. The third-order valence-corrected chi connectivity index (χ3v) is 3.74. The lowest BCUT2D eigenvalue weighted by Gasteiger charge is -2.09. The Morgan fingerprint density at radius 3 is 2.08 bits per heavy atom. The number of carbonyl (C=O) groups is 2. The highest BCUT2D eigenvalue weighted by Gasteiger charge is 2.14. The van der Waals surface area contributed by atoms with Gasteiger partial charge in [-0.15, -0.1) is 0 Å². The minimum Gasteiger partial charge on any atom is -0.507 e. The largest absolute Gasteiger partial charge is 0.507 e. The molecule has 3 aromatic rings. The van der Waals surface area contributed by atoms with Crippen LogP contribution in [0.4, 0.5) is 5.69 Å². The highest BCUT2D eigenvalue weighted by Crippen LogP contribution is 2.24. The van der Waals surface area contributed by atoms with Gasteiger partial charge in [0, 0.05) is 17.7 Å². The van der Waals surface area contributed by atoms with Gasteiger partial charge >= 0.3 is 0 Å². The number of amides is 2. The highest BCUT2D eigenvalue weighted by atomic mass is 16.6. The summed E-state index contributed by atoms with van der Waals surface area (Å²) in [5.74, 6) is -1.55. The van der Waals surface area contributed by atoms with Crippen LogP contribution < -0.4 is 10.9 Å². The number of aromatic hydroxyl groups is 1. The maximum atomic E-state index is 12.2. The fourth-order valence-electron chi connectivity index (χ4n) is 2.40. The number of nitrogens with zero attached hydrogens (tertiary/aromatic N) is 1. The van der Waals surface area contributed by atoms with Crippen molar-refractivity contribution in [2.75, 3.05) is 0 Å². The molecule has 0 aliphatic heterocycles. The van der Waals surface area contributed by atoms with Crippen molar-refractivity contribution in [2.45, 2.75) is 0 Å². The molecule has 3 rings (SSSR count). The maximum absolute atomic E-state index is 12.2. The summed E-state index contributed by atoms with van der Waals surface area (Å²) < 4.78 is 0. The molecule has 0 bridgehead atoms. The molecule has 0 aliphatic rings. The molecule has 0 atom stereocenters. The number of nitrogens with one attached hydrogen (secondary N) is 2. The molecule has 8 nitrogen and oxygen atoms in total. The van der Waals surface area contributed by atoms with E-state index in [0.717, 1.165) is 10.8 Å². The van der Waals surface area contributed by atoms with Gasteiger partial charge in [-0.25, -0.2) is 0 Å². The molecule has 0 saturated carbocycles. The first-order valence-corrected chi connectivity index (χ1v) is 7.52. The number of benzene rings is 3. The zero-order chi connectivity index (χ0) is 18.7. The molecule has 2 amide bonds. The number of non-ortho nitro benzene ring substituents is 1. The van der Waals surface area contributed by atoms with Gasteiger partial charge in [-0.1, -0.05) is 24.3 Å². The van der Waals surface area contributed by atoms with Gasteiger partial charge in [0.25, 0.3) is 17.5 Å². The second kappa shape index (κ2) is 6.89. The molecule has 26 heavy (non-hydrogen) atoms. The van der Waals surface area contributed by atoms with Crippen molar-refractivity contribution in [3.05, 3.63) is 81.9 Å². The van der Waals surface area contributed by atoms with E-state index in [1.54, 1.807) is 18.2 Å². The third kappa shape index (κ3) is 3.44. The number of hydrogen-bond acceptors (Lipinski definition) is 5. The third-order valence-electron chi connectivity index (χ3n) is 3.74. The summed E-state index contributed by atoms with van der Waals surface area (Å²) in [6, 6.07) is 15.1. The summed E-state index contributed by atoms with van der Waals surface area (Å²) >= 11 is 0. The summed E-state index contributed by atoms with van der Waals surface area (Å²) in [6.45, 7) is 0. The molecule has 0 heterocycles. The van der Waals surface area contributed by atoms with E-state index in [1.807, 2.05) is 6.07 Å². The number of phenols is 1. The van der Waals surface area contributed by atoms with Crippen LogP contribution in [0.3, 0.4) is 0 Å². The molecule has 0 radical (unpaired) electrons. The standard InChI is InChI=1S/C18H13N3O5/c22-16-10-13-4-2-1-3-12(13)9-15(16)18(24)20-19-17(23)11-5-7-14(8-6-11)21(25)26/h1-10,22H,(H,19,23)(H,20,24). The molecule has 8 heteroatoms. The fraction of sp³-hybridized carbons (Fsp3) is 0. The minimum absolute atomic E-state index is 0.00713. The lowest BCUT2D eigenvalue weighted by molar-refractivity contribution is -0.384. The zero-order valence-electron chi connectivity index (χ0n) is 13.3. The molecule has 3 aromatic carbocycles. The summed E-state index contributed by atoms with van der Waals surface area (Å²) in [4.78, 5) is 34.2. The quantitative estimate of drug-likeness (QED) is 0.494. The van der Waals surface area contributed by atoms with E-state index in [2.05, 4.69) is 10.9 Å². The molecule has 0 aromatic heterocycles. The van der Waals surface area contributed by atoms with Crippen molar-refractivity contribution in [2.24, 2.45) is 0 Å². The van der Waals surface area contributed by atoms with Crippen LogP contribution in [0, 0.1) is 10.1 Å². The van der Waals surface area contributed by atoms with Gasteiger partial charge in [-0.3, -0.25) is 30.6 Å². The number of rotatable bonds is 3. The fourth-order valence-corrected chi connectivity index (χ4v) is 2.40. The van der Waals surface area contributed by atoms with Crippen molar-refractivity contribution in [1.29, 1.82) is 0 Å². The number of hydrogen-bond donors (Lipinski definition) is 3. The average Bonchev–Trinajstić information content (AvgIpc) is 2.65. The van der Waals surface area contributed by atoms with Crippen LogP contribution >= 0.6 is 0 Å². The monoisotopic (exact) mass is 351 g/mol. The van der Waals surface area contributed by atoms with Crippen LogP contribution in [0.15, 0.2) is 60.7 Å². The second-order valence-corrected chi connectivity index (χ2v) is 5.43. The van der Waals surface area contributed by atoms with Gasteiger partial charge in [0.15, 0.2) is 0 Å². The number of nitro benzene ring substituents is 1. The van der Waals surface area contributed by atoms with Crippen molar-refractivity contribution < 1.29 is 19.6 Å². The Morgan fingerprint density at radius 2 is 1.46 bits per heavy atom. The summed E-state index contributed by atoms with van der Waals surface area (Å²) in [7, 11) is 0. The van der Waals surface area contributed by atoms with Gasteiger partial charge < -0.3 is 5.11 Å². The second-order valence-electron chi connectivity index (χ2n) is 5.43. The number of carbonyl (C=O) groups excluding carboxylic acids is 2. The number of phenolic OH excluding ortho intramolecular Hbond substituents is 1. The predicted octanol–water partition coefficient (Wildman–Crippen LogP) is 2.53. The minimum atomic E-state index is -0.691. The maximum Gasteiger partial charge on any atom is 0.273 e. The first-order valence-electron chi connectivity index (χ1n) is 7.52. The summed E-state index contributed by atoms with van der Waals surface area (Å²) in [6.07, 6.45) is 0. The van der Waals surface area contributed by atoms with E-state index in [0.29, 0.717) is 0 Å². The normalized spacial score (nSPS) is 10.3. The van der Waals surface area contributed by atoms with Crippen LogP contribution in [0.25, 0.3) is 10.8 Å². The molecular formula is C18H13N3O5. The first-order chi connectivity index (χ1) is 12.5. The van der Waals surface area contributed by atoms with Gasteiger partial charge in [-0.05, 0) is 35.0 Å². The average molecular weight is 351 g/mol. The molecule has 130 valence electrons. The van der Waals surface area contributed by atoms with Crippen LogP contribution in [-0.2, 0) is 0 Å². The number of hydrazine groups is 1. The van der Waals surface area contributed by atoms with Gasteiger partial charge in [0.2, 0.25) is 0 Å². The molecular weight excluding hydrogens is 338 g/mol. The van der Waals surface area contributed by atoms with Crippen LogP contribution in [0.5, 0.6) is 5.75 Å². The van der Waals surface area contributed by atoms with Crippen LogP contribution in [0.2, 0.25) is 0 Å². The summed E-state index contributed by atoms with van der Waals surface area (Å²) in [5.41, 5.74) is 4.41. The Morgan fingerprint density at radius 1 is 0.885 bits per heavy atom. The number of nitro groups is 1. The van der Waals surface area contributed by atoms with E-state index >= 15 is 0 Å². The Labute approximate surface area is 147 Å². The highest BCUT2D eigenvalue weighted by molar-refractivity contribution is 6.03. The Balaban J connectivity index is 1.71. The van der Waals surface area contributed by atoms with Crippen molar-refractivity contribution in [3.8, 4) is 5.75 Å². The predicted molar refractivity (Wildman–Crippen MR) is 93.6 cm³/mol. The number of fused-ring (bicyclic) bond motifs is 1. The Kier molecular flexibility index (Phi) is 4.48. The lowest BCUT2D eigenvalue weighted by atomic mass is 10.1. The first kappa shape index (κ1) is 16.9. The topological polar surface area (TPSA) is 122 Å². The smallest absolute Gasteiger partial charge is 0.273 e. The van der Waals surface area contributed by atoms with E-state index in [4.69, 9.17) is 0 Å². The molecule has 0 spiro atoms. The molecule has 0 aliphatic carbocycles. The molecule has 0 unspecified atom stereocenters. The van der Waals surface area contributed by atoms with E-state index in [9.17, 15) is 24.8 Å². The van der Waals surface area contributed by atoms with Crippen molar-refractivity contribution >= 4 is 28.3 Å². The van der Waals surface area contributed by atoms with Gasteiger partial charge in [0.1, 0.15) is 5.75 Å².